The van der Waals surface area contributed by atoms with Crippen LogP contribution in [-0.2, 0) is 4.74 Å². The number of hydrogen-bond donors (Lipinski definition) is 1. The van der Waals surface area contributed by atoms with Gasteiger partial charge in [0.1, 0.15) is 5.75 Å². The first-order valence-corrected chi connectivity index (χ1v) is 7.27. The maximum Gasteiger partial charge on any atom is 0.119 e. The molecule has 20 heavy (non-hydrogen) atoms. The molecule has 1 aromatic rings. The third-order valence-corrected chi connectivity index (χ3v) is 3.56. The van der Waals surface area contributed by atoms with Crippen LogP contribution in [0.1, 0.15) is 31.9 Å². The van der Waals surface area contributed by atoms with Gasteiger partial charge in [0.05, 0.1) is 13.2 Å². The zero-order valence-electron chi connectivity index (χ0n) is 13.1. The van der Waals surface area contributed by atoms with Gasteiger partial charge in [-0.05, 0) is 38.1 Å². The summed E-state index contributed by atoms with van der Waals surface area (Å²) in [6.45, 7) is 6.28. The highest BCUT2D eigenvalue weighted by Gasteiger charge is 2.20. The minimum absolute atomic E-state index is 0.195. The van der Waals surface area contributed by atoms with Gasteiger partial charge in [-0.2, -0.15) is 0 Å². The van der Waals surface area contributed by atoms with Crippen LogP contribution in [0.3, 0.4) is 0 Å². The van der Waals surface area contributed by atoms with Crippen LogP contribution in [0.5, 0.6) is 5.75 Å². The lowest BCUT2D eigenvalue weighted by atomic mass is 10.0. The molecule has 114 valence electrons. The molecule has 1 aromatic carbocycles. The van der Waals surface area contributed by atoms with Crippen molar-refractivity contribution in [2.24, 2.45) is 5.73 Å². The number of ether oxygens (including phenoxy) is 2. The monoisotopic (exact) mass is 280 g/mol. The molecule has 0 bridgehead atoms. The lowest BCUT2D eigenvalue weighted by Crippen LogP contribution is -2.39. The van der Waals surface area contributed by atoms with Gasteiger partial charge < -0.3 is 15.2 Å². The Kier molecular flexibility index (Phi) is 7.59. The Morgan fingerprint density at radius 2 is 1.90 bits per heavy atom. The zero-order chi connectivity index (χ0) is 15.0. The van der Waals surface area contributed by atoms with Gasteiger partial charge >= 0.3 is 0 Å². The highest BCUT2D eigenvalue weighted by Crippen LogP contribution is 2.23. The van der Waals surface area contributed by atoms with Gasteiger partial charge in [-0.3, -0.25) is 4.90 Å². The van der Waals surface area contributed by atoms with Crippen LogP contribution in [0.25, 0.3) is 0 Å². The van der Waals surface area contributed by atoms with Crippen molar-refractivity contribution in [2.45, 2.75) is 32.4 Å². The fourth-order valence-corrected chi connectivity index (χ4v) is 2.21. The Hall–Kier alpha value is -1.10. The molecule has 0 heterocycles. The molecule has 0 fully saturated rings. The molecule has 0 saturated heterocycles. The fraction of sp³-hybridized carbons (Fsp3) is 0.625. The molecular formula is C16H28N2O2. The summed E-state index contributed by atoms with van der Waals surface area (Å²) >= 11 is 0. The summed E-state index contributed by atoms with van der Waals surface area (Å²) in [7, 11) is 3.81. The van der Waals surface area contributed by atoms with Gasteiger partial charge in [-0.15, -0.1) is 0 Å². The third-order valence-electron chi connectivity index (χ3n) is 3.56. The van der Waals surface area contributed by atoms with Crippen molar-refractivity contribution in [2.75, 3.05) is 33.9 Å². The molecule has 0 aliphatic carbocycles. The lowest BCUT2D eigenvalue weighted by Gasteiger charge is -2.32. The number of nitrogens with two attached hydrogens (primary N) is 1. The van der Waals surface area contributed by atoms with E-state index < -0.39 is 0 Å². The predicted molar refractivity (Wildman–Crippen MR) is 83.1 cm³/mol. The minimum atomic E-state index is 0.195. The van der Waals surface area contributed by atoms with E-state index in [0.717, 1.165) is 18.8 Å². The van der Waals surface area contributed by atoms with E-state index in [1.807, 2.05) is 12.1 Å². The smallest absolute Gasteiger partial charge is 0.119 e. The van der Waals surface area contributed by atoms with Crippen molar-refractivity contribution in [3.8, 4) is 5.75 Å². The summed E-state index contributed by atoms with van der Waals surface area (Å²) in [6, 6.07) is 8.74. The Morgan fingerprint density at radius 3 is 2.40 bits per heavy atom. The lowest BCUT2D eigenvalue weighted by molar-refractivity contribution is 0.0910. The summed E-state index contributed by atoms with van der Waals surface area (Å²) in [5, 5.41) is 0. The summed E-state index contributed by atoms with van der Waals surface area (Å²) in [6.07, 6.45) is 1.02. The van der Waals surface area contributed by atoms with Crippen LogP contribution in [0.15, 0.2) is 24.3 Å². The number of methoxy groups -OCH3 is 1. The molecule has 0 radical (unpaired) electrons. The molecular weight excluding hydrogens is 252 g/mol. The van der Waals surface area contributed by atoms with Crippen LogP contribution in [-0.4, -0.2) is 44.9 Å². The Bertz CT molecular complexity index is 367. The molecule has 0 spiro atoms. The van der Waals surface area contributed by atoms with E-state index in [4.69, 9.17) is 15.2 Å². The highest BCUT2D eigenvalue weighted by atomic mass is 16.5. The first-order valence-electron chi connectivity index (χ1n) is 7.27. The van der Waals surface area contributed by atoms with E-state index in [1.165, 1.54) is 5.56 Å². The van der Waals surface area contributed by atoms with Crippen molar-refractivity contribution in [1.29, 1.82) is 0 Å². The maximum absolute atomic E-state index is 5.94. The van der Waals surface area contributed by atoms with Crippen molar-refractivity contribution in [3.63, 3.8) is 0 Å². The van der Waals surface area contributed by atoms with E-state index in [1.54, 1.807) is 7.11 Å². The number of likely N-dealkylation sites (N-methyl/N-ethyl adjacent to an activating group) is 1. The largest absolute Gasteiger partial charge is 0.494 e. The van der Waals surface area contributed by atoms with E-state index in [-0.39, 0.29) is 6.04 Å². The molecule has 2 N–H and O–H groups in total. The summed E-state index contributed by atoms with van der Waals surface area (Å²) in [4.78, 5) is 2.26. The third kappa shape index (κ3) is 4.78. The standard InChI is InChI=1S/C16H28N2O2/c1-5-10-20-15-8-6-14(7-9-15)16(11-17)18(3)13(2)12-19-4/h6-9,13,16H,5,10-12,17H2,1-4H3. The van der Waals surface area contributed by atoms with Crippen molar-refractivity contribution in [1.82, 2.24) is 4.90 Å². The van der Waals surface area contributed by atoms with Crippen LogP contribution >= 0.6 is 0 Å². The van der Waals surface area contributed by atoms with E-state index in [2.05, 4.69) is 37.9 Å². The predicted octanol–water partition coefficient (Wildman–Crippen LogP) is 2.44. The number of hydrogen-bond acceptors (Lipinski definition) is 4. The average Bonchev–Trinajstić information content (AvgIpc) is 2.47. The van der Waals surface area contributed by atoms with Gasteiger partial charge in [0, 0.05) is 25.7 Å². The average molecular weight is 280 g/mol. The first kappa shape index (κ1) is 17.0. The van der Waals surface area contributed by atoms with Crippen LogP contribution in [0.2, 0.25) is 0 Å². The Balaban J connectivity index is 2.74. The number of nitrogens with zero attached hydrogens (tertiary/aromatic N) is 1. The first-order chi connectivity index (χ1) is 9.63. The van der Waals surface area contributed by atoms with Gasteiger partial charge in [0.2, 0.25) is 0 Å². The minimum Gasteiger partial charge on any atom is -0.494 e. The molecule has 2 unspecified atom stereocenters. The van der Waals surface area contributed by atoms with Gasteiger partial charge in [0.15, 0.2) is 0 Å². The molecule has 4 heteroatoms. The second kappa shape index (κ2) is 8.95. The van der Waals surface area contributed by atoms with E-state index in [0.29, 0.717) is 19.2 Å². The molecule has 0 aliphatic heterocycles. The highest BCUT2D eigenvalue weighted by molar-refractivity contribution is 5.29. The number of rotatable bonds is 9. The molecule has 0 aromatic heterocycles. The summed E-state index contributed by atoms with van der Waals surface area (Å²) < 4.78 is 10.8. The van der Waals surface area contributed by atoms with Crippen molar-refractivity contribution in [3.05, 3.63) is 29.8 Å². The summed E-state index contributed by atoms with van der Waals surface area (Å²) in [5.41, 5.74) is 7.15. The molecule has 0 amide bonds. The second-order valence-electron chi connectivity index (χ2n) is 5.14. The SMILES string of the molecule is CCCOc1ccc(C(CN)N(C)C(C)COC)cc1. The molecule has 0 saturated carbocycles. The molecule has 1 rings (SSSR count). The van der Waals surface area contributed by atoms with Crippen LogP contribution < -0.4 is 10.5 Å². The van der Waals surface area contributed by atoms with E-state index in [9.17, 15) is 0 Å². The van der Waals surface area contributed by atoms with Gasteiger partial charge in [-0.25, -0.2) is 0 Å². The normalized spacial score (nSPS) is 14.3. The molecule has 4 nitrogen and oxygen atoms in total. The molecule has 2 atom stereocenters. The van der Waals surface area contributed by atoms with Crippen molar-refractivity contribution >= 4 is 0 Å². The van der Waals surface area contributed by atoms with Crippen LogP contribution in [0, 0.1) is 0 Å². The van der Waals surface area contributed by atoms with Crippen molar-refractivity contribution < 1.29 is 9.47 Å². The second-order valence-corrected chi connectivity index (χ2v) is 5.14. The van der Waals surface area contributed by atoms with Gasteiger partial charge in [0.25, 0.3) is 0 Å². The van der Waals surface area contributed by atoms with Gasteiger partial charge in [-0.1, -0.05) is 19.1 Å². The maximum atomic E-state index is 5.94. The number of benzene rings is 1. The van der Waals surface area contributed by atoms with Crippen LogP contribution in [0.4, 0.5) is 0 Å². The zero-order valence-corrected chi connectivity index (χ0v) is 13.1. The Morgan fingerprint density at radius 1 is 1.25 bits per heavy atom. The summed E-state index contributed by atoms with van der Waals surface area (Å²) in [5.74, 6) is 0.916. The fourth-order valence-electron chi connectivity index (χ4n) is 2.21. The molecule has 0 aliphatic rings. The topological polar surface area (TPSA) is 47.7 Å². The van der Waals surface area contributed by atoms with E-state index >= 15 is 0 Å². The Labute approximate surface area is 122 Å². The quantitative estimate of drug-likeness (QED) is 0.755.